The van der Waals surface area contributed by atoms with Gasteiger partial charge in [-0.3, -0.25) is 0 Å². The molecular formula is H4MgNiO3. The van der Waals surface area contributed by atoms with E-state index in [1.54, 1.807) is 0 Å². The van der Waals surface area contributed by atoms with Crippen LogP contribution in [0.5, 0.6) is 0 Å². The Labute approximate surface area is 53.4 Å². The Balaban J connectivity index is -0.00000000167. The van der Waals surface area contributed by atoms with Crippen molar-refractivity contribution in [3.8, 4) is 0 Å². The summed E-state index contributed by atoms with van der Waals surface area (Å²) in [5, 5.41) is 0. The van der Waals surface area contributed by atoms with E-state index >= 15 is 0 Å². The van der Waals surface area contributed by atoms with Crippen LogP contribution in [0.1, 0.15) is 0 Å². The van der Waals surface area contributed by atoms with Gasteiger partial charge in [0.1, 0.15) is 0 Å². The third-order valence-corrected chi connectivity index (χ3v) is 0. The van der Waals surface area contributed by atoms with E-state index in [4.69, 9.17) is 3.90 Å². The normalized spacial score (nSPS) is 1.20. The second kappa shape index (κ2) is 82.2. The summed E-state index contributed by atoms with van der Waals surface area (Å²) in [5.74, 6) is 0. The zero-order valence-electron chi connectivity index (χ0n) is 2.67. The van der Waals surface area contributed by atoms with Crippen molar-refractivity contribution in [3.63, 3.8) is 0 Å². The van der Waals surface area contributed by atoms with Crippen molar-refractivity contribution in [2.45, 2.75) is 0 Å². The van der Waals surface area contributed by atoms with E-state index in [0.717, 1.165) is 0 Å². The van der Waals surface area contributed by atoms with Crippen molar-refractivity contribution in [3.05, 3.63) is 0 Å². The van der Waals surface area contributed by atoms with Crippen molar-refractivity contribution >= 4 is 23.1 Å². The molecule has 0 heterocycles. The molecule has 0 saturated heterocycles. The van der Waals surface area contributed by atoms with Crippen LogP contribution in [0.4, 0.5) is 0 Å². The fraction of sp³-hybridized carbons (Fsp3) is 0. The van der Waals surface area contributed by atoms with Crippen LogP contribution in [0.2, 0.25) is 0 Å². The van der Waals surface area contributed by atoms with Crippen LogP contribution in [-0.2, 0) is 19.3 Å². The van der Waals surface area contributed by atoms with Gasteiger partial charge in [0, 0.05) is 0 Å². The van der Waals surface area contributed by atoms with Gasteiger partial charge in [0.05, 0.1) is 0 Å². The first-order valence-corrected chi connectivity index (χ1v) is 0.532. The van der Waals surface area contributed by atoms with Gasteiger partial charge in [0.25, 0.3) is 0 Å². The summed E-state index contributed by atoms with van der Waals surface area (Å²) in [7, 11) is 0. The van der Waals surface area contributed by atoms with E-state index in [1.165, 1.54) is 0 Å². The maximum atomic E-state index is 7.88. The summed E-state index contributed by atoms with van der Waals surface area (Å²) in [6.45, 7) is 0. The molecule has 0 aliphatic heterocycles. The predicted octanol–water partition coefficient (Wildman–Crippen LogP) is -1.77. The predicted molar refractivity (Wildman–Crippen MR) is 13.4 cm³/mol. The average molecular weight is 135 g/mol. The molecule has 0 amide bonds. The standard InChI is InChI=1S/Mg.Ni.2H2O.O.H/h;;2*1H2;;/q+1;;;;;/p-1. The molecule has 0 unspecified atom stereocenters. The van der Waals surface area contributed by atoms with Crippen LogP contribution in [0.3, 0.4) is 0 Å². The Morgan fingerprint density at radius 1 is 1.20 bits per heavy atom. The van der Waals surface area contributed by atoms with Crippen molar-refractivity contribution in [2.24, 2.45) is 0 Å². The molecule has 0 rings (SSSR count). The van der Waals surface area contributed by atoms with Gasteiger partial charge in [-0.15, -0.1) is 0 Å². The van der Waals surface area contributed by atoms with Gasteiger partial charge in [-0.25, -0.2) is 0 Å². The van der Waals surface area contributed by atoms with Gasteiger partial charge < -0.3 is 11.0 Å². The molecule has 0 saturated carbocycles. The van der Waals surface area contributed by atoms with Crippen molar-refractivity contribution in [1.29, 1.82) is 0 Å². The molecular weight excluding hydrogens is 131 g/mol. The van der Waals surface area contributed by atoms with E-state index in [0.29, 0.717) is 0 Å². The third kappa shape index (κ3) is 46.1. The van der Waals surface area contributed by atoms with Gasteiger partial charge in [-0.05, 0) is 0 Å². The van der Waals surface area contributed by atoms with Gasteiger partial charge in [0.15, 0.2) is 0 Å². The van der Waals surface area contributed by atoms with Crippen LogP contribution in [0.15, 0.2) is 0 Å². The minimum atomic E-state index is 0. The summed E-state index contributed by atoms with van der Waals surface area (Å²) >= 11 is 2.62. The molecule has 3 N–H and O–H groups in total. The average Bonchev–Trinajstić information content (AvgIpc) is 1.00. The van der Waals surface area contributed by atoms with Crippen LogP contribution < -0.4 is 0 Å². The molecule has 5 heavy (non-hydrogen) atoms. The first kappa shape index (κ1) is 37.8. The molecule has 0 bridgehead atoms. The molecule has 5 heteroatoms. The van der Waals surface area contributed by atoms with E-state index in [-0.39, 0.29) is 34.0 Å². The number of hydrogen-bond donors (Lipinski definition) is 0. The molecule has 0 aromatic heterocycles. The van der Waals surface area contributed by atoms with E-state index in [1.807, 2.05) is 0 Å². The molecule has 0 aliphatic rings. The number of hydrogen-bond acceptors (Lipinski definition) is 2. The van der Waals surface area contributed by atoms with Crippen LogP contribution in [0.25, 0.3) is 0 Å². The van der Waals surface area contributed by atoms with E-state index in [2.05, 4.69) is 15.4 Å². The molecule has 0 spiro atoms. The fourth-order valence-corrected chi connectivity index (χ4v) is 0. The minimum absolute atomic E-state index is 0. The van der Waals surface area contributed by atoms with Crippen LogP contribution in [-0.4, -0.2) is 34.0 Å². The van der Waals surface area contributed by atoms with Crippen LogP contribution >= 0.6 is 0 Å². The molecule has 0 aromatic rings. The Hall–Kier alpha value is 0.980. The van der Waals surface area contributed by atoms with Crippen molar-refractivity contribution in [2.75, 3.05) is 0 Å². The fourth-order valence-electron chi connectivity index (χ4n) is 0. The topological polar surface area (TPSA) is 78.6 Å². The van der Waals surface area contributed by atoms with Crippen LogP contribution in [0, 0.1) is 0 Å². The second-order valence-electron chi connectivity index (χ2n) is 0. The van der Waals surface area contributed by atoms with Crippen molar-refractivity contribution < 1.29 is 30.2 Å². The second-order valence-corrected chi connectivity index (χ2v) is 0. The molecule has 0 radical (unpaired) electrons. The summed E-state index contributed by atoms with van der Waals surface area (Å²) in [6, 6.07) is 0. The SMILES string of the molecule is O.[MgH+].[OH-].[O]=[Ni]. The Kier molecular flexibility index (Phi) is 622. The van der Waals surface area contributed by atoms with Gasteiger partial charge in [-0.1, -0.05) is 0 Å². The first-order valence-electron chi connectivity index (χ1n) is 0.129. The third-order valence-electron chi connectivity index (χ3n) is 0. The Morgan fingerprint density at radius 2 is 1.20 bits per heavy atom. The zero-order chi connectivity index (χ0) is 2.00. The molecule has 3 nitrogen and oxygen atoms in total. The van der Waals surface area contributed by atoms with Gasteiger partial charge >= 0.3 is 42.3 Å². The molecule has 0 atom stereocenters. The van der Waals surface area contributed by atoms with Gasteiger partial charge in [-0.2, -0.15) is 0 Å². The summed E-state index contributed by atoms with van der Waals surface area (Å²) in [6.07, 6.45) is 0. The zero-order valence-corrected chi connectivity index (χ0v) is 5.66. The van der Waals surface area contributed by atoms with E-state index < -0.39 is 0 Å². The molecule has 0 fully saturated rings. The first-order chi connectivity index (χ1) is 1.00. The summed E-state index contributed by atoms with van der Waals surface area (Å²) in [4.78, 5) is 0. The number of rotatable bonds is 0. The molecule has 0 aromatic carbocycles. The molecule has 34 valence electrons. The van der Waals surface area contributed by atoms with Gasteiger partial charge in [0.2, 0.25) is 0 Å². The molecule has 0 aliphatic carbocycles. The maximum absolute atomic E-state index is 7.88. The monoisotopic (exact) mass is 134 g/mol. The summed E-state index contributed by atoms with van der Waals surface area (Å²) < 4.78 is 7.88. The Morgan fingerprint density at radius 3 is 1.20 bits per heavy atom. The van der Waals surface area contributed by atoms with E-state index in [9.17, 15) is 0 Å². The van der Waals surface area contributed by atoms with Crippen molar-refractivity contribution in [1.82, 2.24) is 0 Å². The Bertz CT molecular complexity index is 6.85. The summed E-state index contributed by atoms with van der Waals surface area (Å²) in [5.41, 5.74) is 0. The quantitative estimate of drug-likeness (QED) is 0.368.